The monoisotopic (exact) mass is 298 g/mol. The highest BCUT2D eigenvalue weighted by Crippen LogP contribution is 2.68. The molecule has 0 aromatic heterocycles. The predicted octanol–water partition coefficient (Wildman–Crippen LogP) is 4.49. The Morgan fingerprint density at radius 1 is 1.33 bits per heavy atom. The number of carbonyl (C=O) groups is 1. The molecule has 3 fully saturated rings. The molecular weight excluding hydrogens is 260 g/mol. The lowest BCUT2D eigenvalue weighted by Crippen LogP contribution is -2.40. The first kappa shape index (κ1) is 9.70. The van der Waals surface area contributed by atoms with Crippen LogP contribution in [0, 0.1) is 22.7 Å². The van der Waals surface area contributed by atoms with Crippen molar-refractivity contribution in [3.63, 3.8) is 0 Å². The lowest BCUT2D eigenvalue weighted by atomic mass is 9.60. The molecule has 0 heterocycles. The average molecular weight is 298 g/mol. The lowest BCUT2D eigenvalue weighted by molar-refractivity contribution is -0.130. The van der Waals surface area contributed by atoms with Gasteiger partial charge in [-0.15, -0.1) is 0 Å². The summed E-state index contributed by atoms with van der Waals surface area (Å²) in [7, 11) is 0. The molecule has 0 aliphatic heterocycles. The van der Waals surface area contributed by atoms with Gasteiger partial charge in [0.15, 0.2) is 0 Å². The molecule has 3 atom stereocenters. The van der Waals surface area contributed by atoms with Gasteiger partial charge in [-0.05, 0) is 81.8 Å². The van der Waals surface area contributed by atoms with Gasteiger partial charge in [0.2, 0.25) is 0 Å². The van der Waals surface area contributed by atoms with E-state index in [-0.39, 0.29) is 23.2 Å². The molecule has 3 rings (SSSR count). The van der Waals surface area contributed by atoms with E-state index in [0.717, 1.165) is 44.9 Å². The molecule has 0 saturated heterocycles. The van der Waals surface area contributed by atoms with E-state index in [1.165, 1.54) is 0 Å². The van der Waals surface area contributed by atoms with Crippen molar-refractivity contribution in [1.82, 2.24) is 0 Å². The summed E-state index contributed by atoms with van der Waals surface area (Å²) in [6.45, 7) is -3.61. The summed E-state index contributed by atoms with van der Waals surface area (Å²) in [4.78, 5) is 12.4. The molecule has 2 nitrogen and oxygen atoms in total. The standard InChI is InChI=1S/C19H32O2/c1-17(2,21)9-5-11-19(12-13-19)16-8-7-14-15(20)6-4-10-18(14,16)3/h14,16,21H,4-13H2,1-3H3/t14?,16?,18-/m0/s1/i1D3,2D3. The summed E-state index contributed by atoms with van der Waals surface area (Å²) in [5.41, 5.74) is -2.51. The Morgan fingerprint density at radius 2 is 2.10 bits per heavy atom. The van der Waals surface area contributed by atoms with Gasteiger partial charge in [0.05, 0.1) is 5.60 Å². The van der Waals surface area contributed by atoms with Crippen LogP contribution in [0.1, 0.15) is 93.1 Å². The maximum absolute atomic E-state index is 12.4. The minimum atomic E-state index is -2.94. The third kappa shape index (κ3) is 2.81. The average Bonchev–Trinajstić information content (AvgIpc) is 3.19. The van der Waals surface area contributed by atoms with Gasteiger partial charge in [0, 0.05) is 20.6 Å². The predicted molar refractivity (Wildman–Crippen MR) is 85.0 cm³/mol. The third-order valence-electron chi connectivity index (χ3n) is 6.71. The molecule has 2 heteroatoms. The normalized spacial score (nSPS) is 43.8. The zero-order valence-corrected chi connectivity index (χ0v) is 13.1. The van der Waals surface area contributed by atoms with Crippen LogP contribution in [0.5, 0.6) is 0 Å². The summed E-state index contributed by atoms with van der Waals surface area (Å²) >= 11 is 0. The Morgan fingerprint density at radius 3 is 2.76 bits per heavy atom. The number of fused-ring (bicyclic) bond motifs is 1. The smallest absolute Gasteiger partial charge is 0.136 e. The van der Waals surface area contributed by atoms with E-state index in [1.807, 2.05) is 0 Å². The van der Waals surface area contributed by atoms with Gasteiger partial charge in [-0.25, -0.2) is 0 Å². The van der Waals surface area contributed by atoms with Crippen LogP contribution in [0.15, 0.2) is 0 Å². The van der Waals surface area contributed by atoms with Crippen LogP contribution in [0.3, 0.4) is 0 Å². The minimum Gasteiger partial charge on any atom is -0.390 e. The molecular formula is C19H32O2. The summed E-state index contributed by atoms with van der Waals surface area (Å²) in [5, 5.41) is 10.5. The van der Waals surface area contributed by atoms with Crippen LogP contribution >= 0.6 is 0 Å². The van der Waals surface area contributed by atoms with Crippen molar-refractivity contribution in [1.29, 1.82) is 0 Å². The summed E-state index contributed by atoms with van der Waals surface area (Å²) < 4.78 is 45.1. The Bertz CT molecular complexity index is 578. The fourth-order valence-corrected chi connectivity index (χ4v) is 5.57. The van der Waals surface area contributed by atoms with Crippen LogP contribution in [0.2, 0.25) is 0 Å². The highest BCUT2D eigenvalue weighted by atomic mass is 16.3. The number of carbonyl (C=O) groups excluding carboxylic acids is 1. The van der Waals surface area contributed by atoms with Crippen molar-refractivity contribution in [3.8, 4) is 0 Å². The molecule has 120 valence electrons. The fraction of sp³-hybridized carbons (Fsp3) is 0.947. The Balaban J connectivity index is 1.69. The zero-order valence-electron chi connectivity index (χ0n) is 19.1. The maximum Gasteiger partial charge on any atom is 0.136 e. The molecule has 1 N–H and O–H groups in total. The molecule has 0 aromatic carbocycles. The topological polar surface area (TPSA) is 37.3 Å². The van der Waals surface area contributed by atoms with Gasteiger partial charge in [-0.1, -0.05) is 13.3 Å². The van der Waals surface area contributed by atoms with Crippen molar-refractivity contribution in [2.75, 3.05) is 0 Å². The van der Waals surface area contributed by atoms with Gasteiger partial charge < -0.3 is 5.11 Å². The van der Waals surface area contributed by atoms with Gasteiger partial charge in [0.25, 0.3) is 0 Å². The summed E-state index contributed by atoms with van der Waals surface area (Å²) in [6.07, 6.45) is 7.73. The van der Waals surface area contributed by atoms with Crippen LogP contribution < -0.4 is 0 Å². The first-order valence-electron chi connectivity index (χ1n) is 11.5. The molecule has 0 bridgehead atoms. The first-order chi connectivity index (χ1) is 12.3. The molecule has 3 aliphatic rings. The number of hydrogen-bond donors (Lipinski definition) is 1. The second-order valence-electron chi connectivity index (χ2n) is 8.08. The van der Waals surface area contributed by atoms with Gasteiger partial charge in [-0.2, -0.15) is 0 Å². The molecule has 0 aromatic rings. The largest absolute Gasteiger partial charge is 0.390 e. The lowest BCUT2D eigenvalue weighted by Gasteiger charge is -2.43. The van der Waals surface area contributed by atoms with E-state index in [4.69, 9.17) is 8.22 Å². The van der Waals surface area contributed by atoms with Gasteiger partial charge in [-0.3, -0.25) is 4.79 Å². The van der Waals surface area contributed by atoms with Crippen LogP contribution in [-0.2, 0) is 4.79 Å². The summed E-state index contributed by atoms with van der Waals surface area (Å²) in [6, 6.07) is 0. The Hall–Kier alpha value is -0.370. The van der Waals surface area contributed by atoms with Crippen molar-refractivity contribution in [2.24, 2.45) is 22.7 Å². The number of hydrogen-bond acceptors (Lipinski definition) is 2. The van der Waals surface area contributed by atoms with E-state index in [9.17, 15) is 9.90 Å². The van der Waals surface area contributed by atoms with E-state index in [1.54, 1.807) is 0 Å². The quantitative estimate of drug-likeness (QED) is 0.811. The third-order valence-corrected chi connectivity index (χ3v) is 6.71. The van der Waals surface area contributed by atoms with Crippen molar-refractivity contribution >= 4 is 5.78 Å². The van der Waals surface area contributed by atoms with Gasteiger partial charge in [0.1, 0.15) is 5.78 Å². The van der Waals surface area contributed by atoms with Gasteiger partial charge >= 0.3 is 0 Å². The highest BCUT2D eigenvalue weighted by molar-refractivity contribution is 5.83. The second-order valence-corrected chi connectivity index (χ2v) is 8.08. The Kier molecular flexibility index (Phi) is 2.35. The SMILES string of the molecule is [2H]C([2H])([2H])C(O)(CCCC1(C2CCC3C(=O)CCC[C@@]32C)CC1)C([2H])([2H])[2H]. The zero-order chi connectivity index (χ0) is 20.3. The molecule has 0 spiro atoms. The highest BCUT2D eigenvalue weighted by Gasteiger charge is 2.61. The number of aliphatic hydroxyl groups is 1. The number of ketones is 1. The fourth-order valence-electron chi connectivity index (χ4n) is 5.57. The first-order valence-corrected chi connectivity index (χ1v) is 8.52. The molecule has 21 heavy (non-hydrogen) atoms. The van der Waals surface area contributed by atoms with Crippen molar-refractivity contribution in [3.05, 3.63) is 0 Å². The van der Waals surface area contributed by atoms with E-state index in [2.05, 4.69) is 6.92 Å². The van der Waals surface area contributed by atoms with E-state index < -0.39 is 19.3 Å². The number of rotatable bonds is 5. The van der Waals surface area contributed by atoms with Crippen molar-refractivity contribution in [2.45, 2.75) is 90.4 Å². The van der Waals surface area contributed by atoms with Crippen LogP contribution in [0.4, 0.5) is 0 Å². The molecule has 3 saturated carbocycles. The van der Waals surface area contributed by atoms with Crippen LogP contribution in [0.25, 0.3) is 0 Å². The Labute approximate surface area is 138 Å². The van der Waals surface area contributed by atoms with E-state index in [0.29, 0.717) is 24.5 Å². The molecule has 2 unspecified atom stereocenters. The molecule has 3 aliphatic carbocycles. The van der Waals surface area contributed by atoms with Crippen LogP contribution in [-0.4, -0.2) is 16.5 Å². The minimum absolute atomic E-state index is 0.0379. The molecule has 0 amide bonds. The maximum atomic E-state index is 12.4. The van der Waals surface area contributed by atoms with E-state index >= 15 is 0 Å². The van der Waals surface area contributed by atoms with Crippen molar-refractivity contribution < 1.29 is 18.1 Å². The number of Topliss-reactive ketones (excluding diaryl/α,β-unsaturated/α-hetero) is 1. The summed E-state index contributed by atoms with van der Waals surface area (Å²) in [5.74, 6) is 1.02. The second kappa shape index (κ2) is 5.08. The molecule has 0 radical (unpaired) electrons.